The van der Waals surface area contributed by atoms with Crippen LogP contribution in [0.1, 0.15) is 44.9 Å². The van der Waals surface area contributed by atoms with E-state index >= 15 is 0 Å². The second-order valence-corrected chi connectivity index (χ2v) is 4.87. The molecule has 0 saturated heterocycles. The maximum atomic E-state index is 11.6. The number of hydrogen-bond acceptors (Lipinski definition) is 2. The van der Waals surface area contributed by atoms with Gasteiger partial charge in [-0.2, -0.15) is 0 Å². The Balaban J connectivity index is 1.84. The van der Waals surface area contributed by atoms with Crippen LogP contribution >= 0.6 is 0 Å². The summed E-state index contributed by atoms with van der Waals surface area (Å²) >= 11 is 0. The maximum Gasteiger partial charge on any atom is 0.315 e. The average molecular weight is 212 g/mol. The normalized spacial score (nSPS) is 24.6. The van der Waals surface area contributed by atoms with Crippen LogP contribution in [0.3, 0.4) is 0 Å². The van der Waals surface area contributed by atoms with E-state index in [2.05, 4.69) is 10.6 Å². The first-order valence-electron chi connectivity index (χ1n) is 5.94. The van der Waals surface area contributed by atoms with Crippen LogP contribution in [0.25, 0.3) is 0 Å². The summed E-state index contributed by atoms with van der Waals surface area (Å²) in [7, 11) is 0. The molecule has 0 heterocycles. The van der Waals surface area contributed by atoms with Gasteiger partial charge in [0.05, 0.1) is 12.1 Å². The van der Waals surface area contributed by atoms with E-state index in [1.54, 1.807) is 0 Å². The molecule has 2 aliphatic carbocycles. The zero-order valence-electron chi connectivity index (χ0n) is 9.09. The minimum absolute atomic E-state index is 0.0606. The SMILES string of the molecule is O=C(NC1CC1)NC1(CO)CCCCC1. The fourth-order valence-electron chi connectivity index (χ4n) is 2.24. The third kappa shape index (κ3) is 2.84. The first kappa shape index (κ1) is 10.7. The van der Waals surface area contributed by atoms with Crippen molar-refractivity contribution < 1.29 is 9.90 Å². The molecule has 2 amide bonds. The molecule has 0 radical (unpaired) electrons. The highest BCUT2D eigenvalue weighted by Gasteiger charge is 2.34. The Morgan fingerprint density at radius 1 is 1.27 bits per heavy atom. The third-order valence-electron chi connectivity index (χ3n) is 3.40. The zero-order chi connectivity index (χ0) is 10.7. The van der Waals surface area contributed by atoms with Crippen molar-refractivity contribution in [3.8, 4) is 0 Å². The number of amides is 2. The summed E-state index contributed by atoms with van der Waals surface area (Å²) in [5, 5.41) is 15.3. The number of carbonyl (C=O) groups is 1. The molecule has 0 aromatic heterocycles. The predicted molar refractivity (Wildman–Crippen MR) is 57.6 cm³/mol. The van der Waals surface area contributed by atoms with Crippen LogP contribution in [0.5, 0.6) is 0 Å². The Hall–Kier alpha value is -0.770. The Morgan fingerprint density at radius 2 is 1.93 bits per heavy atom. The van der Waals surface area contributed by atoms with Gasteiger partial charge in [-0.1, -0.05) is 19.3 Å². The molecule has 2 fully saturated rings. The summed E-state index contributed by atoms with van der Waals surface area (Å²) in [6.45, 7) is 0.0606. The molecule has 2 saturated carbocycles. The summed E-state index contributed by atoms with van der Waals surface area (Å²) < 4.78 is 0. The lowest BCUT2D eigenvalue weighted by molar-refractivity contribution is 0.125. The van der Waals surface area contributed by atoms with Gasteiger partial charge in [0.15, 0.2) is 0 Å². The van der Waals surface area contributed by atoms with Crippen molar-refractivity contribution in [3.63, 3.8) is 0 Å². The maximum absolute atomic E-state index is 11.6. The molecule has 4 heteroatoms. The van der Waals surface area contributed by atoms with Crippen molar-refractivity contribution in [2.24, 2.45) is 0 Å². The lowest BCUT2D eigenvalue weighted by Gasteiger charge is -2.36. The van der Waals surface area contributed by atoms with Crippen LogP contribution < -0.4 is 10.6 Å². The number of aliphatic hydroxyl groups excluding tert-OH is 1. The minimum atomic E-state index is -0.350. The molecule has 0 spiro atoms. The first-order chi connectivity index (χ1) is 7.24. The van der Waals surface area contributed by atoms with E-state index in [1.165, 1.54) is 6.42 Å². The highest BCUT2D eigenvalue weighted by atomic mass is 16.3. The van der Waals surface area contributed by atoms with Crippen molar-refractivity contribution in [2.45, 2.75) is 56.5 Å². The molecule has 2 aliphatic rings. The van der Waals surface area contributed by atoms with Crippen LogP contribution in [0, 0.1) is 0 Å². The number of aliphatic hydroxyl groups is 1. The third-order valence-corrected chi connectivity index (χ3v) is 3.40. The number of carbonyl (C=O) groups excluding carboxylic acids is 1. The second-order valence-electron chi connectivity index (χ2n) is 4.87. The number of hydrogen-bond donors (Lipinski definition) is 3. The number of nitrogens with one attached hydrogen (secondary N) is 2. The summed E-state index contributed by atoms with van der Waals surface area (Å²) in [5.41, 5.74) is -0.350. The summed E-state index contributed by atoms with van der Waals surface area (Å²) in [5.74, 6) is 0. The Labute approximate surface area is 90.4 Å². The summed E-state index contributed by atoms with van der Waals surface area (Å²) in [4.78, 5) is 11.6. The quantitative estimate of drug-likeness (QED) is 0.657. The van der Waals surface area contributed by atoms with Crippen molar-refractivity contribution in [1.82, 2.24) is 10.6 Å². The second kappa shape index (κ2) is 4.39. The van der Waals surface area contributed by atoms with Crippen molar-refractivity contribution in [2.75, 3.05) is 6.61 Å². The molecule has 0 bridgehead atoms. The Morgan fingerprint density at radius 3 is 2.47 bits per heavy atom. The molecule has 86 valence electrons. The van der Waals surface area contributed by atoms with Gasteiger partial charge in [-0.05, 0) is 25.7 Å². The zero-order valence-corrected chi connectivity index (χ0v) is 9.09. The van der Waals surface area contributed by atoms with Gasteiger partial charge in [0.2, 0.25) is 0 Å². The molecule has 4 nitrogen and oxygen atoms in total. The van der Waals surface area contributed by atoms with Gasteiger partial charge in [0, 0.05) is 6.04 Å². The van der Waals surface area contributed by atoms with Crippen LogP contribution in [0.15, 0.2) is 0 Å². The highest BCUT2D eigenvalue weighted by Crippen LogP contribution is 2.28. The standard InChI is InChI=1S/C11H20N2O2/c14-8-11(6-2-1-3-7-11)13-10(15)12-9-4-5-9/h9,14H,1-8H2,(H2,12,13,15). The molecule has 0 unspecified atom stereocenters. The highest BCUT2D eigenvalue weighted by molar-refractivity contribution is 5.75. The summed E-state index contributed by atoms with van der Waals surface area (Å²) in [6.07, 6.45) is 7.42. The van der Waals surface area contributed by atoms with Gasteiger partial charge < -0.3 is 15.7 Å². The molecule has 2 rings (SSSR count). The van der Waals surface area contributed by atoms with E-state index < -0.39 is 0 Å². The lowest BCUT2D eigenvalue weighted by Crippen LogP contribution is -2.55. The van der Waals surface area contributed by atoms with E-state index in [0.717, 1.165) is 38.5 Å². The summed E-state index contributed by atoms with van der Waals surface area (Å²) in [6, 6.07) is 0.276. The van der Waals surface area contributed by atoms with Gasteiger partial charge in [-0.3, -0.25) is 0 Å². The van der Waals surface area contributed by atoms with Crippen molar-refractivity contribution in [1.29, 1.82) is 0 Å². The van der Waals surface area contributed by atoms with E-state index in [9.17, 15) is 9.90 Å². The van der Waals surface area contributed by atoms with E-state index in [-0.39, 0.29) is 18.2 Å². The molecular weight excluding hydrogens is 192 g/mol. The smallest absolute Gasteiger partial charge is 0.315 e. The van der Waals surface area contributed by atoms with Gasteiger partial charge in [0.25, 0.3) is 0 Å². The lowest BCUT2D eigenvalue weighted by atomic mass is 9.82. The fourth-order valence-corrected chi connectivity index (χ4v) is 2.24. The number of urea groups is 1. The van der Waals surface area contributed by atoms with Crippen LogP contribution in [0.4, 0.5) is 4.79 Å². The topological polar surface area (TPSA) is 61.4 Å². The first-order valence-corrected chi connectivity index (χ1v) is 5.94. The minimum Gasteiger partial charge on any atom is -0.394 e. The van der Waals surface area contributed by atoms with Gasteiger partial charge in [-0.15, -0.1) is 0 Å². The molecule has 0 aliphatic heterocycles. The molecule has 0 aromatic rings. The Bertz CT molecular complexity index is 233. The average Bonchev–Trinajstić information content (AvgIpc) is 3.03. The van der Waals surface area contributed by atoms with Crippen molar-refractivity contribution >= 4 is 6.03 Å². The fraction of sp³-hybridized carbons (Fsp3) is 0.909. The molecule has 15 heavy (non-hydrogen) atoms. The largest absolute Gasteiger partial charge is 0.394 e. The molecule has 0 atom stereocenters. The van der Waals surface area contributed by atoms with E-state index in [1.807, 2.05) is 0 Å². The monoisotopic (exact) mass is 212 g/mol. The molecule has 0 aromatic carbocycles. The molecule has 3 N–H and O–H groups in total. The van der Waals surface area contributed by atoms with E-state index in [4.69, 9.17) is 0 Å². The van der Waals surface area contributed by atoms with Gasteiger partial charge in [-0.25, -0.2) is 4.79 Å². The molecular formula is C11H20N2O2. The van der Waals surface area contributed by atoms with E-state index in [0.29, 0.717) is 6.04 Å². The van der Waals surface area contributed by atoms with Crippen LogP contribution in [-0.2, 0) is 0 Å². The van der Waals surface area contributed by atoms with Crippen LogP contribution in [-0.4, -0.2) is 29.3 Å². The predicted octanol–water partition coefficient (Wildman–Crippen LogP) is 1.14. The van der Waals surface area contributed by atoms with Gasteiger partial charge >= 0.3 is 6.03 Å². The van der Waals surface area contributed by atoms with Crippen LogP contribution in [0.2, 0.25) is 0 Å². The number of rotatable bonds is 3. The van der Waals surface area contributed by atoms with Gasteiger partial charge in [0.1, 0.15) is 0 Å². The van der Waals surface area contributed by atoms with Crippen molar-refractivity contribution in [3.05, 3.63) is 0 Å². The Kier molecular flexibility index (Phi) is 3.14.